The molecular formula is C21H23FN4O5S3. The van der Waals surface area contributed by atoms with Gasteiger partial charge in [-0.3, -0.25) is 14.4 Å². The summed E-state index contributed by atoms with van der Waals surface area (Å²) < 4.78 is 52.5. The molecule has 0 fully saturated rings. The average molecular weight is 527 g/mol. The third-order valence-electron chi connectivity index (χ3n) is 4.33. The minimum absolute atomic E-state index is 0.111. The molecule has 0 aliphatic heterocycles. The first kappa shape index (κ1) is 25.7. The Labute approximate surface area is 205 Å². The Morgan fingerprint density at radius 1 is 1.12 bits per heavy atom. The number of sulfonamides is 1. The number of methoxy groups -OCH3 is 2. The summed E-state index contributed by atoms with van der Waals surface area (Å²) in [6.07, 6.45) is 0. The van der Waals surface area contributed by atoms with Gasteiger partial charge in [-0.15, -0.1) is 10.2 Å². The van der Waals surface area contributed by atoms with E-state index in [1.807, 2.05) is 13.8 Å². The lowest BCUT2D eigenvalue weighted by molar-refractivity contribution is -0.114. The molecule has 0 saturated carbocycles. The van der Waals surface area contributed by atoms with Gasteiger partial charge >= 0.3 is 0 Å². The predicted molar refractivity (Wildman–Crippen MR) is 130 cm³/mol. The normalized spacial score (nSPS) is 11.4. The Morgan fingerprint density at radius 3 is 2.41 bits per heavy atom. The number of nitrogens with zero attached hydrogens (tertiary/aromatic N) is 3. The average Bonchev–Trinajstić information content (AvgIpc) is 3.23. The van der Waals surface area contributed by atoms with Crippen LogP contribution in [-0.4, -0.2) is 50.5 Å². The standard InChI is InChI=1S/C21H23FN4O5S3/c1-13(2)32-21-25-24-20(33-21)23-19(27)12-26(15-7-5-14(22)6-8-15)34(28,29)16-9-10-17(30-3)18(11-16)31-4/h5-11,13H,12H2,1-4H3,(H,23,24,27). The summed E-state index contributed by atoms with van der Waals surface area (Å²) in [6, 6.07) is 8.87. The highest BCUT2D eigenvalue weighted by Gasteiger charge is 2.29. The van der Waals surface area contributed by atoms with Crippen molar-refractivity contribution < 1.29 is 27.1 Å². The van der Waals surface area contributed by atoms with E-state index >= 15 is 0 Å². The van der Waals surface area contributed by atoms with Crippen molar-refractivity contribution in [1.82, 2.24) is 10.2 Å². The monoisotopic (exact) mass is 526 g/mol. The molecule has 1 N–H and O–H groups in total. The van der Waals surface area contributed by atoms with Crippen molar-refractivity contribution >= 4 is 49.8 Å². The van der Waals surface area contributed by atoms with Crippen LogP contribution in [0.15, 0.2) is 51.7 Å². The van der Waals surface area contributed by atoms with E-state index in [1.54, 1.807) is 0 Å². The van der Waals surface area contributed by atoms with Crippen LogP contribution in [0.5, 0.6) is 11.5 Å². The quantitative estimate of drug-likeness (QED) is 0.311. The summed E-state index contributed by atoms with van der Waals surface area (Å²) >= 11 is 2.68. The van der Waals surface area contributed by atoms with Crippen LogP contribution in [0.3, 0.4) is 0 Å². The van der Waals surface area contributed by atoms with Crippen LogP contribution < -0.4 is 19.1 Å². The van der Waals surface area contributed by atoms with E-state index in [0.29, 0.717) is 10.1 Å². The number of hydrogen-bond acceptors (Lipinski definition) is 9. The molecule has 0 saturated heterocycles. The molecule has 1 heterocycles. The second kappa shape index (κ2) is 11.0. The van der Waals surface area contributed by atoms with Crippen molar-refractivity contribution in [3.63, 3.8) is 0 Å². The second-order valence-corrected chi connectivity index (χ2v) is 11.8. The third kappa shape index (κ3) is 6.15. The Bertz CT molecular complexity index is 1250. The number of thioether (sulfide) groups is 1. The van der Waals surface area contributed by atoms with Gasteiger partial charge in [0.2, 0.25) is 11.0 Å². The van der Waals surface area contributed by atoms with Gasteiger partial charge in [0.1, 0.15) is 12.4 Å². The molecule has 0 aliphatic rings. The van der Waals surface area contributed by atoms with E-state index in [9.17, 15) is 17.6 Å². The highest BCUT2D eigenvalue weighted by molar-refractivity contribution is 8.01. The minimum atomic E-state index is -4.24. The first-order chi connectivity index (χ1) is 16.1. The van der Waals surface area contributed by atoms with Gasteiger partial charge in [-0.2, -0.15) is 0 Å². The number of nitrogens with one attached hydrogen (secondary N) is 1. The first-order valence-electron chi connectivity index (χ1n) is 9.94. The number of carbonyl (C=O) groups excluding carboxylic acids is 1. The summed E-state index contributed by atoms with van der Waals surface area (Å²) in [5, 5.41) is 11.1. The molecular weight excluding hydrogens is 503 g/mol. The molecule has 3 rings (SSSR count). The van der Waals surface area contributed by atoms with Crippen LogP contribution in [0.25, 0.3) is 0 Å². The summed E-state index contributed by atoms with van der Waals surface area (Å²) in [5.74, 6) is -0.624. The van der Waals surface area contributed by atoms with Crippen molar-refractivity contribution in [2.45, 2.75) is 28.3 Å². The number of anilines is 2. The van der Waals surface area contributed by atoms with E-state index < -0.39 is 28.3 Å². The SMILES string of the molecule is COc1ccc(S(=O)(=O)N(CC(=O)Nc2nnc(SC(C)C)s2)c2ccc(F)cc2)cc1OC. The summed E-state index contributed by atoms with van der Waals surface area (Å²) in [7, 11) is -1.43. The number of benzene rings is 2. The van der Waals surface area contributed by atoms with Gasteiger partial charge in [-0.05, 0) is 36.4 Å². The van der Waals surface area contributed by atoms with Crippen molar-refractivity contribution in [3.05, 3.63) is 48.3 Å². The molecule has 1 amide bonds. The van der Waals surface area contributed by atoms with Gasteiger partial charge in [-0.25, -0.2) is 12.8 Å². The van der Waals surface area contributed by atoms with Gasteiger partial charge in [0, 0.05) is 11.3 Å². The van der Waals surface area contributed by atoms with E-state index in [0.717, 1.165) is 16.4 Å². The minimum Gasteiger partial charge on any atom is -0.493 e. The smallest absolute Gasteiger partial charge is 0.264 e. The van der Waals surface area contributed by atoms with Crippen molar-refractivity contribution in [2.75, 3.05) is 30.4 Å². The fourth-order valence-electron chi connectivity index (χ4n) is 2.83. The Hall–Kier alpha value is -2.90. The second-order valence-electron chi connectivity index (χ2n) is 7.09. The van der Waals surface area contributed by atoms with E-state index in [1.165, 1.54) is 67.7 Å². The van der Waals surface area contributed by atoms with Crippen LogP contribution in [0.1, 0.15) is 13.8 Å². The van der Waals surface area contributed by atoms with E-state index in [2.05, 4.69) is 15.5 Å². The number of rotatable bonds is 10. The fraction of sp³-hybridized carbons (Fsp3) is 0.286. The molecule has 0 atom stereocenters. The van der Waals surface area contributed by atoms with Crippen LogP contribution in [0.2, 0.25) is 0 Å². The van der Waals surface area contributed by atoms with Gasteiger partial charge in [0.05, 0.1) is 24.8 Å². The molecule has 0 radical (unpaired) electrons. The highest BCUT2D eigenvalue weighted by Crippen LogP contribution is 2.32. The van der Waals surface area contributed by atoms with Gasteiger partial charge < -0.3 is 9.47 Å². The molecule has 3 aromatic rings. The number of hydrogen-bond donors (Lipinski definition) is 1. The molecule has 13 heteroatoms. The molecule has 34 heavy (non-hydrogen) atoms. The number of halogens is 1. The fourth-order valence-corrected chi connectivity index (χ4v) is 6.25. The molecule has 2 aromatic carbocycles. The van der Waals surface area contributed by atoms with Crippen molar-refractivity contribution in [1.29, 1.82) is 0 Å². The maximum absolute atomic E-state index is 13.5. The Morgan fingerprint density at radius 2 is 1.79 bits per heavy atom. The summed E-state index contributed by atoms with van der Waals surface area (Å²) in [5.41, 5.74) is 0.111. The Balaban J connectivity index is 1.92. The lowest BCUT2D eigenvalue weighted by atomic mass is 10.3. The number of aromatic nitrogens is 2. The first-order valence-corrected chi connectivity index (χ1v) is 13.1. The largest absolute Gasteiger partial charge is 0.493 e. The molecule has 1 aromatic heterocycles. The maximum atomic E-state index is 13.5. The molecule has 0 spiro atoms. The number of ether oxygens (including phenoxy) is 2. The zero-order valence-corrected chi connectivity index (χ0v) is 21.3. The zero-order chi connectivity index (χ0) is 24.9. The molecule has 0 bridgehead atoms. The van der Waals surface area contributed by atoms with Crippen LogP contribution in [-0.2, 0) is 14.8 Å². The van der Waals surface area contributed by atoms with Gasteiger partial charge in [-0.1, -0.05) is 36.9 Å². The van der Waals surface area contributed by atoms with Crippen LogP contribution in [0, 0.1) is 5.82 Å². The van der Waals surface area contributed by atoms with Gasteiger partial charge in [0.25, 0.3) is 10.0 Å². The molecule has 0 unspecified atom stereocenters. The summed E-state index contributed by atoms with van der Waals surface area (Å²) in [6.45, 7) is 3.43. The predicted octanol–water partition coefficient (Wildman–Crippen LogP) is 4.03. The van der Waals surface area contributed by atoms with E-state index in [-0.39, 0.29) is 26.7 Å². The van der Waals surface area contributed by atoms with Crippen LogP contribution in [0.4, 0.5) is 15.2 Å². The third-order valence-corrected chi connectivity index (χ3v) is 8.03. The topological polar surface area (TPSA) is 111 Å². The lowest BCUT2D eigenvalue weighted by Gasteiger charge is -2.24. The van der Waals surface area contributed by atoms with E-state index in [4.69, 9.17) is 9.47 Å². The van der Waals surface area contributed by atoms with Crippen molar-refractivity contribution in [3.8, 4) is 11.5 Å². The zero-order valence-electron chi connectivity index (χ0n) is 18.8. The van der Waals surface area contributed by atoms with Crippen LogP contribution >= 0.6 is 23.1 Å². The molecule has 9 nitrogen and oxygen atoms in total. The number of amides is 1. The summed E-state index contributed by atoms with van der Waals surface area (Å²) in [4.78, 5) is 12.7. The maximum Gasteiger partial charge on any atom is 0.264 e. The molecule has 182 valence electrons. The van der Waals surface area contributed by atoms with Crippen molar-refractivity contribution in [2.24, 2.45) is 0 Å². The highest BCUT2D eigenvalue weighted by atomic mass is 32.2. The van der Waals surface area contributed by atoms with Gasteiger partial charge in [0.15, 0.2) is 15.8 Å². The Kier molecular flexibility index (Phi) is 8.33. The lowest BCUT2D eigenvalue weighted by Crippen LogP contribution is -2.38. The molecule has 0 aliphatic carbocycles. The number of carbonyl (C=O) groups is 1.